The third kappa shape index (κ3) is 5.99. The average Bonchev–Trinajstić information content (AvgIpc) is 3.00. The van der Waals surface area contributed by atoms with E-state index in [-0.39, 0.29) is 17.9 Å². The first kappa shape index (κ1) is 23.1. The van der Waals surface area contributed by atoms with Gasteiger partial charge in [0.2, 0.25) is 0 Å². The van der Waals surface area contributed by atoms with E-state index in [1.807, 2.05) is 68.4 Å². The first-order chi connectivity index (χ1) is 15.0. The molecule has 2 aromatic rings. The summed E-state index contributed by atoms with van der Waals surface area (Å²) in [5.41, 5.74) is 1.17. The zero-order valence-corrected chi connectivity index (χ0v) is 19.1. The van der Waals surface area contributed by atoms with E-state index in [1.54, 1.807) is 0 Å². The lowest BCUT2D eigenvalue weighted by molar-refractivity contribution is -0.136. The normalized spacial score (nSPS) is 14.1. The molecule has 1 aliphatic rings. The van der Waals surface area contributed by atoms with Gasteiger partial charge in [-0.2, -0.15) is 0 Å². The fraction of sp³-hybridized carbons (Fsp3) is 0.360. The summed E-state index contributed by atoms with van der Waals surface area (Å²) < 4.78 is 11.2. The van der Waals surface area contributed by atoms with Gasteiger partial charge < -0.3 is 9.47 Å². The second-order valence-electron chi connectivity index (χ2n) is 7.53. The minimum atomic E-state index is -0.254. The highest BCUT2D eigenvalue weighted by atomic mass is 32.2. The topological polar surface area (TPSA) is 55.8 Å². The molecule has 0 unspecified atom stereocenters. The number of thioether (sulfide) groups is 1. The third-order valence-electron chi connectivity index (χ3n) is 4.68. The molecule has 0 fully saturated rings. The van der Waals surface area contributed by atoms with Crippen LogP contribution in [0.3, 0.4) is 0 Å². The van der Waals surface area contributed by atoms with Crippen molar-refractivity contribution in [2.45, 2.75) is 44.6 Å². The molecule has 2 aromatic carbocycles. The Bertz CT molecular complexity index is 922. The Hall–Kier alpha value is -2.57. The van der Waals surface area contributed by atoms with Crippen molar-refractivity contribution in [2.75, 3.05) is 19.8 Å². The van der Waals surface area contributed by atoms with Crippen LogP contribution in [0.15, 0.2) is 64.4 Å². The van der Waals surface area contributed by atoms with Gasteiger partial charge in [-0.1, -0.05) is 49.0 Å². The number of hydrogen-bond acceptors (Lipinski definition) is 5. The molecular formula is C25H29NO4S. The molecule has 0 radical (unpaired) electrons. The predicted octanol–water partition coefficient (Wildman–Crippen LogP) is 5.16. The van der Waals surface area contributed by atoms with E-state index < -0.39 is 0 Å². The number of hydrogen-bond donors (Lipinski definition) is 0. The van der Waals surface area contributed by atoms with Crippen molar-refractivity contribution in [1.29, 1.82) is 0 Å². The lowest BCUT2D eigenvalue weighted by Crippen LogP contribution is -2.33. The molecule has 0 saturated carbocycles. The molecule has 2 amide bonds. The smallest absolute Gasteiger partial charge is 0.268 e. The second kappa shape index (κ2) is 11.2. The van der Waals surface area contributed by atoms with Crippen LogP contribution in [0, 0.1) is 0 Å². The summed E-state index contributed by atoms with van der Waals surface area (Å²) in [6.45, 7) is 7.47. The molecule has 1 heterocycles. The van der Waals surface area contributed by atoms with Crippen LogP contribution in [0.1, 0.15) is 39.2 Å². The van der Waals surface area contributed by atoms with E-state index in [2.05, 4.69) is 6.92 Å². The van der Waals surface area contributed by atoms with Crippen molar-refractivity contribution in [3.63, 3.8) is 0 Å². The maximum absolute atomic E-state index is 13.3. The molecule has 0 aromatic heterocycles. The van der Waals surface area contributed by atoms with Gasteiger partial charge in [0.05, 0.1) is 23.2 Å². The van der Waals surface area contributed by atoms with Crippen LogP contribution in [0.25, 0.3) is 5.57 Å². The van der Waals surface area contributed by atoms with Gasteiger partial charge in [0.1, 0.15) is 5.75 Å². The number of benzene rings is 2. The van der Waals surface area contributed by atoms with Crippen molar-refractivity contribution in [3.05, 3.63) is 65.1 Å². The Kier molecular flexibility index (Phi) is 8.32. The second-order valence-corrected chi connectivity index (χ2v) is 8.61. The molecule has 1 aliphatic heterocycles. The maximum Gasteiger partial charge on any atom is 0.268 e. The maximum atomic E-state index is 13.3. The van der Waals surface area contributed by atoms with Crippen molar-refractivity contribution in [1.82, 2.24) is 4.90 Å². The quantitative estimate of drug-likeness (QED) is 0.357. The van der Waals surface area contributed by atoms with Crippen LogP contribution >= 0.6 is 11.8 Å². The van der Waals surface area contributed by atoms with Crippen LogP contribution in [0.2, 0.25) is 0 Å². The summed E-state index contributed by atoms with van der Waals surface area (Å²) in [6, 6.07) is 17.0. The first-order valence-electron chi connectivity index (χ1n) is 10.7. The lowest BCUT2D eigenvalue weighted by Gasteiger charge is -2.16. The summed E-state index contributed by atoms with van der Waals surface area (Å²) in [5, 5.41) is 0. The number of rotatable bonds is 11. The summed E-state index contributed by atoms with van der Waals surface area (Å²) in [5.74, 6) is 0.253. The van der Waals surface area contributed by atoms with Crippen LogP contribution in [0.5, 0.6) is 5.75 Å². The van der Waals surface area contributed by atoms with Gasteiger partial charge in [-0.25, -0.2) is 0 Å². The summed E-state index contributed by atoms with van der Waals surface area (Å²) in [4.78, 5) is 29.2. The molecule has 31 heavy (non-hydrogen) atoms. The van der Waals surface area contributed by atoms with Crippen LogP contribution < -0.4 is 4.74 Å². The minimum Gasteiger partial charge on any atom is -0.494 e. The van der Waals surface area contributed by atoms with Crippen LogP contribution in [0.4, 0.5) is 0 Å². The van der Waals surface area contributed by atoms with Gasteiger partial charge in [-0.05, 0) is 56.5 Å². The Labute approximate surface area is 188 Å². The highest BCUT2D eigenvalue weighted by molar-refractivity contribution is 8.04. The van der Waals surface area contributed by atoms with Crippen molar-refractivity contribution < 1.29 is 19.1 Å². The van der Waals surface area contributed by atoms with E-state index in [9.17, 15) is 9.59 Å². The van der Waals surface area contributed by atoms with Gasteiger partial charge in [-0.15, -0.1) is 0 Å². The molecule has 0 saturated heterocycles. The summed E-state index contributed by atoms with van der Waals surface area (Å²) in [6.07, 6.45) is 1.65. The number of carbonyl (C=O) groups is 2. The molecule has 0 N–H and O–H groups in total. The molecule has 3 rings (SSSR count). The Morgan fingerprint density at radius 3 is 2.29 bits per heavy atom. The molecular weight excluding hydrogens is 410 g/mol. The highest BCUT2D eigenvalue weighted by Gasteiger charge is 2.39. The molecule has 164 valence electrons. The number of carbonyl (C=O) groups excluding carboxylic acids is 2. The number of nitrogens with zero attached hydrogens (tertiary/aromatic N) is 1. The monoisotopic (exact) mass is 439 g/mol. The molecule has 0 aliphatic carbocycles. The van der Waals surface area contributed by atoms with Gasteiger partial charge in [0.15, 0.2) is 0 Å². The molecule has 6 heteroatoms. The molecule has 0 atom stereocenters. The van der Waals surface area contributed by atoms with Crippen molar-refractivity contribution in [2.24, 2.45) is 0 Å². The van der Waals surface area contributed by atoms with Crippen molar-refractivity contribution in [3.8, 4) is 5.75 Å². The number of ether oxygens (including phenoxy) is 2. The SMILES string of the molecule is CCCOc1ccc(C2=C(Sc3ccccc3)C(=O)N(CCCOC(C)C)C2=O)cc1. The summed E-state index contributed by atoms with van der Waals surface area (Å²) in [7, 11) is 0. The van der Waals surface area contributed by atoms with E-state index in [0.717, 1.165) is 22.6 Å². The Balaban J connectivity index is 1.86. The summed E-state index contributed by atoms with van der Waals surface area (Å²) >= 11 is 1.34. The van der Waals surface area contributed by atoms with E-state index in [4.69, 9.17) is 9.47 Å². The van der Waals surface area contributed by atoms with E-state index >= 15 is 0 Å². The van der Waals surface area contributed by atoms with Gasteiger partial charge in [0.25, 0.3) is 11.8 Å². The largest absolute Gasteiger partial charge is 0.494 e. The van der Waals surface area contributed by atoms with Crippen molar-refractivity contribution >= 4 is 29.1 Å². The Morgan fingerprint density at radius 2 is 1.65 bits per heavy atom. The number of imide groups is 1. The molecule has 0 spiro atoms. The Morgan fingerprint density at radius 1 is 0.935 bits per heavy atom. The minimum absolute atomic E-state index is 0.122. The standard InChI is InChI=1S/C25H29NO4S/c1-4-16-30-20-13-11-19(12-14-20)22-23(31-21-9-6-5-7-10-21)25(28)26(24(22)27)15-8-17-29-18(2)3/h5-7,9-14,18H,4,8,15-17H2,1-3H3. The third-order valence-corrected chi connectivity index (χ3v) is 5.77. The number of amides is 2. The fourth-order valence-electron chi connectivity index (χ4n) is 3.19. The van der Waals surface area contributed by atoms with E-state index in [0.29, 0.717) is 36.7 Å². The first-order valence-corrected chi connectivity index (χ1v) is 11.5. The van der Waals surface area contributed by atoms with Gasteiger partial charge >= 0.3 is 0 Å². The van der Waals surface area contributed by atoms with Gasteiger partial charge in [0, 0.05) is 18.0 Å². The predicted molar refractivity (Wildman–Crippen MR) is 124 cm³/mol. The van der Waals surface area contributed by atoms with Gasteiger partial charge in [-0.3, -0.25) is 14.5 Å². The van der Waals surface area contributed by atoms with Crippen LogP contribution in [-0.2, 0) is 14.3 Å². The molecule has 5 nitrogen and oxygen atoms in total. The zero-order chi connectivity index (χ0) is 22.2. The average molecular weight is 440 g/mol. The zero-order valence-electron chi connectivity index (χ0n) is 18.3. The fourth-order valence-corrected chi connectivity index (χ4v) is 4.23. The van der Waals surface area contributed by atoms with E-state index in [1.165, 1.54) is 16.7 Å². The molecule has 0 bridgehead atoms. The highest BCUT2D eigenvalue weighted by Crippen LogP contribution is 2.40. The lowest BCUT2D eigenvalue weighted by atomic mass is 10.1. The van der Waals surface area contributed by atoms with Crippen LogP contribution in [-0.4, -0.2) is 42.6 Å².